The Morgan fingerprint density at radius 1 is 1.24 bits per heavy atom. The lowest BCUT2D eigenvalue weighted by molar-refractivity contribution is -0.132. The molecule has 0 spiro atoms. The van der Waals surface area contributed by atoms with Crippen LogP contribution in [0.15, 0.2) is 0 Å². The van der Waals surface area contributed by atoms with Crippen molar-refractivity contribution in [3.8, 4) is 0 Å². The van der Waals surface area contributed by atoms with Gasteiger partial charge in [0.15, 0.2) is 0 Å². The maximum absolute atomic E-state index is 12.2. The molecule has 1 saturated carbocycles. The standard InChI is InChI=1S/C14H28N2O/c1-13(2,3)9-10-16-12(17)14(11-15)7-5-4-6-8-14/h4-11,15H2,1-3H3,(H,16,17). The van der Waals surface area contributed by atoms with Crippen molar-refractivity contribution in [2.24, 2.45) is 16.6 Å². The van der Waals surface area contributed by atoms with Gasteiger partial charge in [-0.3, -0.25) is 4.79 Å². The molecule has 1 aliphatic carbocycles. The third-order valence-electron chi connectivity index (χ3n) is 3.84. The minimum absolute atomic E-state index is 0.184. The van der Waals surface area contributed by atoms with Gasteiger partial charge < -0.3 is 11.1 Å². The van der Waals surface area contributed by atoms with E-state index in [0.717, 1.165) is 38.6 Å². The number of carbonyl (C=O) groups excluding carboxylic acids is 1. The maximum atomic E-state index is 12.2. The molecule has 0 aromatic carbocycles. The number of hydrogen-bond donors (Lipinski definition) is 2. The van der Waals surface area contributed by atoms with Gasteiger partial charge in [0.2, 0.25) is 5.91 Å². The summed E-state index contributed by atoms with van der Waals surface area (Å²) in [6, 6.07) is 0. The van der Waals surface area contributed by atoms with Gasteiger partial charge in [-0.05, 0) is 24.7 Å². The van der Waals surface area contributed by atoms with E-state index in [9.17, 15) is 4.79 Å². The molecule has 100 valence electrons. The second-order valence-corrected chi connectivity index (χ2v) is 6.61. The molecular weight excluding hydrogens is 212 g/mol. The Labute approximate surface area is 106 Å². The fourth-order valence-electron chi connectivity index (χ4n) is 2.49. The highest BCUT2D eigenvalue weighted by molar-refractivity contribution is 5.82. The fraction of sp³-hybridized carbons (Fsp3) is 0.929. The summed E-state index contributed by atoms with van der Waals surface area (Å²) < 4.78 is 0. The van der Waals surface area contributed by atoms with Gasteiger partial charge >= 0.3 is 0 Å². The van der Waals surface area contributed by atoms with E-state index in [1.165, 1.54) is 6.42 Å². The van der Waals surface area contributed by atoms with E-state index in [4.69, 9.17) is 5.73 Å². The average molecular weight is 240 g/mol. The quantitative estimate of drug-likeness (QED) is 0.793. The van der Waals surface area contributed by atoms with Crippen molar-refractivity contribution < 1.29 is 4.79 Å². The van der Waals surface area contributed by atoms with Crippen LogP contribution in [0, 0.1) is 10.8 Å². The lowest BCUT2D eigenvalue weighted by Gasteiger charge is -2.35. The van der Waals surface area contributed by atoms with Crippen molar-refractivity contribution >= 4 is 5.91 Å². The highest BCUT2D eigenvalue weighted by atomic mass is 16.2. The Balaban J connectivity index is 2.44. The van der Waals surface area contributed by atoms with Crippen molar-refractivity contribution in [2.45, 2.75) is 59.3 Å². The number of nitrogens with one attached hydrogen (secondary N) is 1. The van der Waals surface area contributed by atoms with Crippen molar-refractivity contribution in [3.63, 3.8) is 0 Å². The molecule has 0 aromatic heterocycles. The van der Waals surface area contributed by atoms with Crippen LogP contribution in [-0.4, -0.2) is 19.0 Å². The van der Waals surface area contributed by atoms with Crippen LogP contribution < -0.4 is 11.1 Å². The molecule has 0 aliphatic heterocycles. The highest BCUT2D eigenvalue weighted by Gasteiger charge is 2.37. The van der Waals surface area contributed by atoms with Crippen LogP contribution in [0.1, 0.15) is 59.3 Å². The molecule has 17 heavy (non-hydrogen) atoms. The maximum Gasteiger partial charge on any atom is 0.227 e. The van der Waals surface area contributed by atoms with Gasteiger partial charge in [0.1, 0.15) is 0 Å². The van der Waals surface area contributed by atoms with Crippen LogP contribution >= 0.6 is 0 Å². The number of hydrogen-bond acceptors (Lipinski definition) is 2. The first-order valence-corrected chi connectivity index (χ1v) is 6.88. The SMILES string of the molecule is CC(C)(C)CCNC(=O)C1(CN)CCCCC1. The van der Waals surface area contributed by atoms with E-state index in [2.05, 4.69) is 26.1 Å². The van der Waals surface area contributed by atoms with Crippen LogP contribution in [0.4, 0.5) is 0 Å². The summed E-state index contributed by atoms with van der Waals surface area (Å²) in [5.41, 5.74) is 5.84. The van der Waals surface area contributed by atoms with Gasteiger partial charge in [-0.25, -0.2) is 0 Å². The minimum atomic E-state index is -0.268. The van der Waals surface area contributed by atoms with E-state index < -0.39 is 0 Å². The van der Waals surface area contributed by atoms with Gasteiger partial charge in [-0.2, -0.15) is 0 Å². The molecular formula is C14H28N2O. The molecule has 3 heteroatoms. The first-order chi connectivity index (χ1) is 7.90. The largest absolute Gasteiger partial charge is 0.356 e. The molecule has 1 amide bonds. The van der Waals surface area contributed by atoms with Crippen LogP contribution in [0.25, 0.3) is 0 Å². The smallest absolute Gasteiger partial charge is 0.227 e. The van der Waals surface area contributed by atoms with Gasteiger partial charge in [0.25, 0.3) is 0 Å². The molecule has 1 aliphatic rings. The number of nitrogens with two attached hydrogens (primary N) is 1. The predicted molar refractivity (Wildman–Crippen MR) is 71.7 cm³/mol. The molecule has 1 fully saturated rings. The molecule has 0 heterocycles. The first kappa shape index (κ1) is 14.5. The molecule has 0 unspecified atom stereocenters. The van der Waals surface area contributed by atoms with Gasteiger partial charge in [-0.15, -0.1) is 0 Å². The van der Waals surface area contributed by atoms with E-state index in [0.29, 0.717) is 6.54 Å². The Bertz CT molecular complexity index is 249. The number of rotatable bonds is 4. The molecule has 0 radical (unpaired) electrons. The van der Waals surface area contributed by atoms with E-state index in [-0.39, 0.29) is 16.7 Å². The highest BCUT2D eigenvalue weighted by Crippen LogP contribution is 2.35. The lowest BCUT2D eigenvalue weighted by Crippen LogP contribution is -2.47. The van der Waals surface area contributed by atoms with Crippen molar-refractivity contribution in [1.82, 2.24) is 5.32 Å². The summed E-state index contributed by atoms with van der Waals surface area (Å²) in [6.07, 6.45) is 6.47. The van der Waals surface area contributed by atoms with Crippen molar-refractivity contribution in [1.29, 1.82) is 0 Å². The van der Waals surface area contributed by atoms with E-state index in [1.54, 1.807) is 0 Å². The van der Waals surface area contributed by atoms with Crippen molar-refractivity contribution in [2.75, 3.05) is 13.1 Å². The zero-order valence-electron chi connectivity index (χ0n) is 11.6. The summed E-state index contributed by atoms with van der Waals surface area (Å²) >= 11 is 0. The summed E-state index contributed by atoms with van der Waals surface area (Å²) in [4.78, 5) is 12.2. The molecule has 0 aromatic rings. The summed E-state index contributed by atoms with van der Waals surface area (Å²) in [5, 5.41) is 3.08. The number of amides is 1. The topological polar surface area (TPSA) is 55.1 Å². The minimum Gasteiger partial charge on any atom is -0.356 e. The van der Waals surface area contributed by atoms with Crippen LogP contribution in [0.3, 0.4) is 0 Å². The Morgan fingerprint density at radius 3 is 2.29 bits per heavy atom. The third kappa shape index (κ3) is 4.30. The lowest BCUT2D eigenvalue weighted by atomic mass is 9.73. The summed E-state index contributed by atoms with van der Waals surface area (Å²) in [7, 11) is 0. The van der Waals surface area contributed by atoms with E-state index in [1.807, 2.05) is 0 Å². The number of carbonyl (C=O) groups is 1. The van der Waals surface area contributed by atoms with Crippen LogP contribution in [0.2, 0.25) is 0 Å². The second kappa shape index (κ2) is 5.85. The zero-order valence-corrected chi connectivity index (χ0v) is 11.6. The Hall–Kier alpha value is -0.570. The average Bonchev–Trinajstić information content (AvgIpc) is 2.28. The van der Waals surface area contributed by atoms with Crippen LogP contribution in [0.5, 0.6) is 0 Å². The second-order valence-electron chi connectivity index (χ2n) is 6.61. The van der Waals surface area contributed by atoms with Gasteiger partial charge in [0, 0.05) is 13.1 Å². The third-order valence-corrected chi connectivity index (χ3v) is 3.84. The Morgan fingerprint density at radius 2 is 1.82 bits per heavy atom. The molecule has 3 N–H and O–H groups in total. The molecule has 0 atom stereocenters. The Kier molecular flexibility index (Phi) is 4.99. The van der Waals surface area contributed by atoms with Crippen molar-refractivity contribution in [3.05, 3.63) is 0 Å². The molecule has 0 bridgehead atoms. The zero-order chi connectivity index (χ0) is 12.9. The summed E-state index contributed by atoms with van der Waals surface area (Å²) in [5.74, 6) is 0.184. The normalized spacial score (nSPS) is 20.0. The predicted octanol–water partition coefficient (Wildman–Crippen LogP) is 2.45. The van der Waals surface area contributed by atoms with E-state index >= 15 is 0 Å². The molecule has 1 rings (SSSR count). The fourth-order valence-corrected chi connectivity index (χ4v) is 2.49. The van der Waals surface area contributed by atoms with Gasteiger partial charge in [-0.1, -0.05) is 40.0 Å². The monoisotopic (exact) mass is 240 g/mol. The molecule has 3 nitrogen and oxygen atoms in total. The van der Waals surface area contributed by atoms with Crippen LogP contribution in [-0.2, 0) is 4.79 Å². The first-order valence-electron chi connectivity index (χ1n) is 6.88. The summed E-state index contributed by atoms with van der Waals surface area (Å²) in [6.45, 7) is 7.84. The molecule has 0 saturated heterocycles. The van der Waals surface area contributed by atoms with Gasteiger partial charge in [0.05, 0.1) is 5.41 Å².